The van der Waals surface area contributed by atoms with E-state index in [1.807, 2.05) is 0 Å². The van der Waals surface area contributed by atoms with E-state index in [0.717, 1.165) is 12.8 Å². The maximum atomic E-state index is 12.5. The van der Waals surface area contributed by atoms with Crippen LogP contribution in [0, 0.1) is 6.92 Å². The van der Waals surface area contributed by atoms with Crippen LogP contribution in [0.2, 0.25) is 0 Å². The number of aryl methyl sites for hydroxylation is 2. The third-order valence-electron chi connectivity index (χ3n) is 4.25. The van der Waals surface area contributed by atoms with Gasteiger partial charge in [-0.2, -0.15) is 4.98 Å². The lowest BCUT2D eigenvalue weighted by Gasteiger charge is -2.29. The molecular weight excluding hydrogens is 314 g/mol. The minimum atomic E-state index is -1.08. The fraction of sp³-hybridized carbons (Fsp3) is 0.500. The average Bonchev–Trinajstić information content (AvgIpc) is 3.20. The Morgan fingerprint density at radius 1 is 1.38 bits per heavy atom. The number of furan rings is 1. The summed E-state index contributed by atoms with van der Waals surface area (Å²) in [6, 6.07) is 1.32. The molecule has 0 bridgehead atoms. The molecule has 0 aromatic carbocycles. The van der Waals surface area contributed by atoms with E-state index in [4.69, 9.17) is 14.0 Å². The monoisotopic (exact) mass is 333 g/mol. The topological polar surface area (TPSA) is 110 Å². The molecule has 1 aliphatic rings. The first-order chi connectivity index (χ1) is 11.5. The Balaban J connectivity index is 1.68. The predicted molar refractivity (Wildman–Crippen MR) is 82.0 cm³/mol. The Bertz CT molecular complexity index is 756. The van der Waals surface area contributed by atoms with E-state index in [1.165, 1.54) is 6.07 Å². The number of aromatic carboxylic acids is 1. The molecule has 0 radical (unpaired) electrons. The van der Waals surface area contributed by atoms with Gasteiger partial charge in [-0.15, -0.1) is 0 Å². The van der Waals surface area contributed by atoms with Crippen LogP contribution < -0.4 is 0 Å². The van der Waals surface area contributed by atoms with Crippen LogP contribution >= 0.6 is 0 Å². The van der Waals surface area contributed by atoms with Gasteiger partial charge in [0.05, 0.1) is 0 Å². The van der Waals surface area contributed by atoms with Crippen molar-refractivity contribution in [3.63, 3.8) is 0 Å². The number of carbonyl (C=O) groups is 2. The highest BCUT2D eigenvalue weighted by atomic mass is 16.5. The molecule has 3 heterocycles. The Kier molecular flexibility index (Phi) is 4.37. The number of carbonyl (C=O) groups excluding carboxylic acids is 1. The van der Waals surface area contributed by atoms with Gasteiger partial charge in [-0.05, 0) is 19.8 Å². The molecule has 128 valence electrons. The molecule has 0 atom stereocenters. The summed E-state index contributed by atoms with van der Waals surface area (Å²) >= 11 is 0. The van der Waals surface area contributed by atoms with Crippen molar-refractivity contribution in [2.24, 2.45) is 0 Å². The Morgan fingerprint density at radius 2 is 2.08 bits per heavy atom. The van der Waals surface area contributed by atoms with E-state index in [-0.39, 0.29) is 23.1 Å². The van der Waals surface area contributed by atoms with Gasteiger partial charge in [-0.3, -0.25) is 4.79 Å². The average molecular weight is 333 g/mol. The van der Waals surface area contributed by atoms with Crippen LogP contribution in [0.15, 0.2) is 15.0 Å². The minimum Gasteiger partial charge on any atom is -0.478 e. The summed E-state index contributed by atoms with van der Waals surface area (Å²) in [6.45, 7) is 4.64. The van der Waals surface area contributed by atoms with Gasteiger partial charge in [0.2, 0.25) is 5.89 Å². The second kappa shape index (κ2) is 6.46. The number of piperidine rings is 1. The molecule has 8 nitrogen and oxygen atoms in total. The molecule has 2 aromatic heterocycles. The number of carboxylic acids is 1. The normalized spacial score (nSPS) is 15.7. The standard InChI is InChI=1S/C16H19N3O5/c1-3-12-11(16(21)22)8-13(23-12)15(20)19-6-4-10(5-7-19)14-17-9(2)18-24-14/h8,10H,3-7H2,1-2H3,(H,21,22). The highest BCUT2D eigenvalue weighted by molar-refractivity contribution is 5.96. The molecule has 1 amide bonds. The van der Waals surface area contributed by atoms with Crippen molar-refractivity contribution in [3.05, 3.63) is 34.9 Å². The van der Waals surface area contributed by atoms with Crippen LogP contribution in [0.25, 0.3) is 0 Å². The fourth-order valence-corrected chi connectivity index (χ4v) is 2.94. The molecule has 3 rings (SSSR count). The molecule has 0 unspecified atom stereocenters. The molecule has 1 saturated heterocycles. The van der Waals surface area contributed by atoms with Crippen molar-refractivity contribution in [2.75, 3.05) is 13.1 Å². The van der Waals surface area contributed by atoms with Gasteiger partial charge in [0.25, 0.3) is 5.91 Å². The number of nitrogens with zero attached hydrogens (tertiary/aromatic N) is 3. The van der Waals surface area contributed by atoms with E-state index in [0.29, 0.717) is 37.0 Å². The lowest BCUT2D eigenvalue weighted by atomic mass is 9.96. The van der Waals surface area contributed by atoms with E-state index in [9.17, 15) is 9.59 Å². The predicted octanol–water partition coefficient (Wildman–Crippen LogP) is 2.25. The van der Waals surface area contributed by atoms with E-state index in [2.05, 4.69) is 10.1 Å². The third-order valence-corrected chi connectivity index (χ3v) is 4.25. The van der Waals surface area contributed by atoms with Crippen LogP contribution in [0.4, 0.5) is 0 Å². The largest absolute Gasteiger partial charge is 0.478 e. The molecule has 1 N–H and O–H groups in total. The molecule has 0 saturated carbocycles. The number of rotatable bonds is 4. The Morgan fingerprint density at radius 3 is 2.58 bits per heavy atom. The maximum Gasteiger partial charge on any atom is 0.339 e. The molecule has 2 aromatic rings. The van der Waals surface area contributed by atoms with Gasteiger partial charge < -0.3 is 18.9 Å². The van der Waals surface area contributed by atoms with Gasteiger partial charge in [-0.25, -0.2) is 4.79 Å². The van der Waals surface area contributed by atoms with Crippen molar-refractivity contribution in [1.82, 2.24) is 15.0 Å². The zero-order valence-electron chi connectivity index (χ0n) is 13.6. The van der Waals surface area contributed by atoms with E-state index in [1.54, 1.807) is 18.7 Å². The molecule has 24 heavy (non-hydrogen) atoms. The zero-order valence-corrected chi connectivity index (χ0v) is 13.6. The zero-order chi connectivity index (χ0) is 17.3. The second-order valence-electron chi connectivity index (χ2n) is 5.85. The van der Waals surface area contributed by atoms with Gasteiger partial charge in [0.1, 0.15) is 11.3 Å². The summed E-state index contributed by atoms with van der Waals surface area (Å²) in [5, 5.41) is 13.0. The first-order valence-electron chi connectivity index (χ1n) is 7.95. The van der Waals surface area contributed by atoms with Crippen molar-refractivity contribution in [1.29, 1.82) is 0 Å². The Hall–Kier alpha value is -2.64. The summed E-state index contributed by atoms with van der Waals surface area (Å²) in [4.78, 5) is 29.6. The first kappa shape index (κ1) is 16.2. The Labute approximate surface area is 138 Å². The van der Waals surface area contributed by atoms with Gasteiger partial charge in [-0.1, -0.05) is 12.1 Å². The van der Waals surface area contributed by atoms with Crippen molar-refractivity contribution >= 4 is 11.9 Å². The molecule has 8 heteroatoms. The van der Waals surface area contributed by atoms with Gasteiger partial charge in [0, 0.05) is 31.5 Å². The van der Waals surface area contributed by atoms with Crippen LogP contribution in [0.3, 0.4) is 0 Å². The quantitative estimate of drug-likeness (QED) is 0.913. The van der Waals surface area contributed by atoms with Gasteiger partial charge in [0.15, 0.2) is 11.6 Å². The number of carboxylic acid groups (broad SMARTS) is 1. The lowest BCUT2D eigenvalue weighted by Crippen LogP contribution is -2.37. The number of hydrogen-bond donors (Lipinski definition) is 1. The molecule has 1 fully saturated rings. The molecule has 0 aliphatic carbocycles. The summed E-state index contributed by atoms with van der Waals surface area (Å²) in [5.41, 5.74) is 0.0528. The number of likely N-dealkylation sites (tertiary alicyclic amines) is 1. The molecule has 0 spiro atoms. The number of hydrogen-bond acceptors (Lipinski definition) is 6. The number of amides is 1. The summed E-state index contributed by atoms with van der Waals surface area (Å²) < 4.78 is 10.6. The number of aromatic nitrogens is 2. The van der Waals surface area contributed by atoms with E-state index < -0.39 is 5.97 Å². The second-order valence-corrected chi connectivity index (χ2v) is 5.85. The summed E-state index contributed by atoms with van der Waals surface area (Å²) in [6.07, 6.45) is 1.87. The minimum absolute atomic E-state index is 0.0528. The van der Waals surface area contributed by atoms with E-state index >= 15 is 0 Å². The molecule has 1 aliphatic heterocycles. The van der Waals surface area contributed by atoms with Crippen LogP contribution in [-0.4, -0.2) is 45.1 Å². The SMILES string of the molecule is CCc1oc(C(=O)N2CCC(c3nc(C)no3)CC2)cc1C(=O)O. The van der Waals surface area contributed by atoms with Crippen molar-refractivity contribution in [2.45, 2.75) is 39.0 Å². The van der Waals surface area contributed by atoms with Crippen LogP contribution in [0.1, 0.15) is 64.1 Å². The first-order valence-corrected chi connectivity index (χ1v) is 7.95. The van der Waals surface area contributed by atoms with Gasteiger partial charge >= 0.3 is 5.97 Å². The van der Waals surface area contributed by atoms with Crippen molar-refractivity contribution in [3.8, 4) is 0 Å². The third kappa shape index (κ3) is 3.04. The fourth-order valence-electron chi connectivity index (χ4n) is 2.94. The highest BCUT2D eigenvalue weighted by Crippen LogP contribution is 2.28. The van der Waals surface area contributed by atoms with Crippen LogP contribution in [-0.2, 0) is 6.42 Å². The smallest absolute Gasteiger partial charge is 0.339 e. The highest BCUT2D eigenvalue weighted by Gasteiger charge is 2.30. The summed E-state index contributed by atoms with van der Waals surface area (Å²) in [5.74, 6) is 0.398. The molecular formula is C16H19N3O5. The lowest BCUT2D eigenvalue weighted by molar-refractivity contribution is 0.0667. The maximum absolute atomic E-state index is 12.5. The van der Waals surface area contributed by atoms with Crippen molar-refractivity contribution < 1.29 is 23.6 Å². The van der Waals surface area contributed by atoms with Crippen LogP contribution in [0.5, 0.6) is 0 Å². The summed E-state index contributed by atoms with van der Waals surface area (Å²) in [7, 11) is 0.